The molecule has 0 aliphatic heterocycles. The number of amides is 3. The Bertz CT molecular complexity index is 1260. The summed E-state index contributed by atoms with van der Waals surface area (Å²) in [6, 6.07) is 2.44. The van der Waals surface area contributed by atoms with E-state index < -0.39 is 54.0 Å². The second kappa shape index (κ2) is 13.1. The van der Waals surface area contributed by atoms with Crippen molar-refractivity contribution >= 4 is 47.2 Å². The predicted octanol–water partition coefficient (Wildman–Crippen LogP) is -1.15. The molecule has 5 atom stereocenters. The number of aliphatic carboxylic acids is 1. The standard InChI is InChI=1S/C24H31N7O6S/c1-12(32)20(25)23(35)31-19(10-38)22(34)29-17(7-14-9-26-11-28-14)21(33)30-18(24(36)37)6-13-8-27-16-5-3-2-4-15(13)16/h2-5,8-9,11-12,17-20,27,32,38H,6-7,10,25H2,1H3,(H,26,28)(H,29,34)(H,30,33)(H,31,35)(H,36,37). The number of imidazole rings is 1. The number of aromatic amines is 2. The zero-order chi connectivity index (χ0) is 27.8. The number of benzene rings is 1. The molecule has 0 radical (unpaired) electrons. The summed E-state index contributed by atoms with van der Waals surface area (Å²) in [7, 11) is 0. The highest BCUT2D eigenvalue weighted by Gasteiger charge is 2.31. The quantitative estimate of drug-likeness (QED) is 0.119. The van der Waals surface area contributed by atoms with Gasteiger partial charge in [0.05, 0.1) is 12.4 Å². The van der Waals surface area contributed by atoms with Crippen molar-refractivity contribution < 1.29 is 29.4 Å². The highest BCUT2D eigenvalue weighted by molar-refractivity contribution is 7.80. The number of H-pyrrole nitrogens is 2. The smallest absolute Gasteiger partial charge is 0.326 e. The maximum absolute atomic E-state index is 13.3. The van der Waals surface area contributed by atoms with Crippen LogP contribution in [0.4, 0.5) is 0 Å². The fourth-order valence-corrected chi connectivity index (χ4v) is 4.03. The Balaban J connectivity index is 1.75. The SMILES string of the molecule is CC(O)C(N)C(=O)NC(CS)C(=O)NC(Cc1cnc[nH]1)C(=O)NC(Cc1c[nH]c2ccccc12)C(=O)O. The molecule has 0 spiro atoms. The number of para-hydroxylation sites is 1. The lowest BCUT2D eigenvalue weighted by Gasteiger charge is -2.24. The zero-order valence-corrected chi connectivity index (χ0v) is 21.4. The lowest BCUT2D eigenvalue weighted by Crippen LogP contribution is -2.59. The maximum Gasteiger partial charge on any atom is 0.326 e. The predicted molar refractivity (Wildman–Crippen MR) is 141 cm³/mol. The third kappa shape index (κ3) is 7.34. The van der Waals surface area contributed by atoms with Gasteiger partial charge in [-0.25, -0.2) is 9.78 Å². The molecule has 2 aromatic heterocycles. The number of thiol groups is 1. The minimum atomic E-state index is -1.28. The van der Waals surface area contributed by atoms with Crippen LogP contribution in [-0.2, 0) is 32.0 Å². The van der Waals surface area contributed by atoms with E-state index in [2.05, 4.69) is 43.5 Å². The van der Waals surface area contributed by atoms with E-state index >= 15 is 0 Å². The van der Waals surface area contributed by atoms with Gasteiger partial charge in [0.25, 0.3) is 0 Å². The number of carbonyl (C=O) groups is 4. The molecule has 13 nitrogen and oxygen atoms in total. The van der Waals surface area contributed by atoms with Crippen molar-refractivity contribution in [2.45, 2.75) is 50.0 Å². The molecule has 0 fully saturated rings. The molecular formula is C24H31N7O6S. The largest absolute Gasteiger partial charge is 0.480 e. The van der Waals surface area contributed by atoms with Crippen molar-refractivity contribution in [1.29, 1.82) is 0 Å². The average molecular weight is 546 g/mol. The van der Waals surface area contributed by atoms with Crippen molar-refractivity contribution in [1.82, 2.24) is 30.9 Å². The maximum atomic E-state index is 13.3. The van der Waals surface area contributed by atoms with Crippen LogP contribution in [0.5, 0.6) is 0 Å². The Morgan fingerprint density at radius 3 is 2.29 bits per heavy atom. The molecule has 38 heavy (non-hydrogen) atoms. The van der Waals surface area contributed by atoms with E-state index in [9.17, 15) is 29.4 Å². The summed E-state index contributed by atoms with van der Waals surface area (Å²) in [6.45, 7) is 1.33. The molecule has 5 unspecified atom stereocenters. The molecule has 0 saturated carbocycles. The minimum absolute atomic E-state index is 0.00235. The van der Waals surface area contributed by atoms with Gasteiger partial charge in [0.2, 0.25) is 17.7 Å². The van der Waals surface area contributed by atoms with Gasteiger partial charge in [0.15, 0.2) is 0 Å². The zero-order valence-electron chi connectivity index (χ0n) is 20.5. The van der Waals surface area contributed by atoms with Crippen molar-refractivity contribution in [3.8, 4) is 0 Å². The van der Waals surface area contributed by atoms with Gasteiger partial charge in [-0.15, -0.1) is 0 Å². The second-order valence-corrected chi connectivity index (χ2v) is 9.18. The van der Waals surface area contributed by atoms with Crippen LogP contribution in [0.25, 0.3) is 10.9 Å². The van der Waals surface area contributed by atoms with Gasteiger partial charge in [-0.2, -0.15) is 12.6 Å². The number of aromatic nitrogens is 3. The van der Waals surface area contributed by atoms with Crippen molar-refractivity contribution in [3.63, 3.8) is 0 Å². The van der Waals surface area contributed by atoms with Gasteiger partial charge in [-0.3, -0.25) is 14.4 Å². The van der Waals surface area contributed by atoms with Crippen LogP contribution < -0.4 is 21.7 Å². The summed E-state index contributed by atoms with van der Waals surface area (Å²) in [6.07, 6.45) is 3.38. The highest BCUT2D eigenvalue weighted by atomic mass is 32.1. The van der Waals surface area contributed by atoms with Crippen LogP contribution in [0.2, 0.25) is 0 Å². The van der Waals surface area contributed by atoms with Crippen molar-refractivity contribution in [3.05, 3.63) is 54.2 Å². The molecule has 0 aliphatic rings. The van der Waals surface area contributed by atoms with Crippen LogP contribution in [0.15, 0.2) is 43.0 Å². The van der Waals surface area contributed by atoms with E-state index in [1.165, 1.54) is 19.4 Å². The van der Waals surface area contributed by atoms with Gasteiger partial charge >= 0.3 is 5.97 Å². The van der Waals surface area contributed by atoms with Crippen LogP contribution >= 0.6 is 12.6 Å². The third-order valence-electron chi connectivity index (χ3n) is 5.96. The number of nitrogens with zero attached hydrogens (tertiary/aromatic N) is 1. The third-order valence-corrected chi connectivity index (χ3v) is 6.33. The summed E-state index contributed by atoms with van der Waals surface area (Å²) >= 11 is 4.10. The first-order valence-corrected chi connectivity index (χ1v) is 12.4. The molecule has 3 amide bonds. The van der Waals surface area contributed by atoms with Gasteiger partial charge in [-0.1, -0.05) is 18.2 Å². The Morgan fingerprint density at radius 2 is 1.66 bits per heavy atom. The number of hydrogen-bond donors (Lipinski definition) is 9. The number of nitrogens with two attached hydrogens (primary N) is 1. The Hall–Kier alpha value is -3.88. The van der Waals surface area contributed by atoms with E-state index in [-0.39, 0.29) is 18.6 Å². The molecule has 1 aromatic carbocycles. The molecule has 204 valence electrons. The number of hydrogen-bond acceptors (Lipinski definition) is 8. The molecular weight excluding hydrogens is 514 g/mol. The summed E-state index contributed by atoms with van der Waals surface area (Å²) in [4.78, 5) is 60.3. The number of carboxylic acids is 1. The van der Waals surface area contributed by atoms with Gasteiger partial charge in [0, 0.05) is 47.6 Å². The van der Waals surface area contributed by atoms with E-state index in [1.54, 1.807) is 6.20 Å². The number of nitrogens with one attached hydrogen (secondary N) is 5. The molecule has 0 bridgehead atoms. The summed E-state index contributed by atoms with van der Waals surface area (Å²) in [5.74, 6) is -3.63. The summed E-state index contributed by atoms with van der Waals surface area (Å²) in [5.41, 5.74) is 7.67. The highest BCUT2D eigenvalue weighted by Crippen LogP contribution is 2.19. The van der Waals surface area contributed by atoms with Crippen LogP contribution in [0.1, 0.15) is 18.2 Å². The Kier molecular flexibility index (Phi) is 9.87. The lowest BCUT2D eigenvalue weighted by molar-refractivity contribution is -0.142. The first-order chi connectivity index (χ1) is 18.1. The van der Waals surface area contributed by atoms with Gasteiger partial charge in [0.1, 0.15) is 24.2 Å². The first kappa shape index (κ1) is 28.7. The number of rotatable bonds is 13. The fraction of sp³-hybridized carbons (Fsp3) is 0.375. The van der Waals surface area contributed by atoms with Crippen LogP contribution in [-0.4, -0.2) is 84.9 Å². The van der Waals surface area contributed by atoms with E-state index in [1.807, 2.05) is 24.3 Å². The number of carboxylic acid groups (broad SMARTS) is 1. The molecule has 9 N–H and O–H groups in total. The fourth-order valence-electron chi connectivity index (χ4n) is 3.77. The Morgan fingerprint density at radius 1 is 1.00 bits per heavy atom. The van der Waals surface area contributed by atoms with Crippen LogP contribution in [0, 0.1) is 0 Å². The van der Waals surface area contributed by atoms with Crippen molar-refractivity contribution in [2.24, 2.45) is 5.73 Å². The topological polar surface area (TPSA) is 215 Å². The second-order valence-electron chi connectivity index (χ2n) is 8.82. The average Bonchev–Trinajstić information content (AvgIpc) is 3.55. The molecule has 0 aliphatic carbocycles. The molecule has 2 heterocycles. The van der Waals surface area contributed by atoms with E-state index in [0.717, 1.165) is 10.9 Å². The summed E-state index contributed by atoms with van der Waals surface area (Å²) < 4.78 is 0. The monoisotopic (exact) mass is 545 g/mol. The minimum Gasteiger partial charge on any atom is -0.480 e. The Labute approximate surface area is 223 Å². The van der Waals surface area contributed by atoms with Gasteiger partial charge in [-0.05, 0) is 18.6 Å². The van der Waals surface area contributed by atoms with E-state index in [4.69, 9.17) is 5.73 Å². The normalized spacial score (nSPS) is 15.2. The van der Waals surface area contributed by atoms with Gasteiger partial charge < -0.3 is 41.9 Å². The molecule has 0 saturated heterocycles. The molecule has 3 aromatic rings. The number of carbonyl (C=O) groups excluding carboxylic acids is 3. The molecule has 14 heteroatoms. The van der Waals surface area contributed by atoms with E-state index in [0.29, 0.717) is 11.3 Å². The first-order valence-electron chi connectivity index (χ1n) is 11.8. The molecule has 3 rings (SSSR count). The number of fused-ring (bicyclic) bond motifs is 1. The van der Waals surface area contributed by atoms with Crippen LogP contribution in [0.3, 0.4) is 0 Å². The number of aliphatic hydroxyl groups is 1. The lowest BCUT2D eigenvalue weighted by atomic mass is 10.0. The summed E-state index contributed by atoms with van der Waals surface area (Å²) in [5, 5.41) is 27.6. The van der Waals surface area contributed by atoms with Crippen molar-refractivity contribution in [2.75, 3.05) is 5.75 Å². The number of aliphatic hydroxyl groups excluding tert-OH is 1.